The SMILES string of the molecule is COCOc1c(-c2cc3cc(C4CCCN(C(=O)OC(C)(C)C)C4)ccc3n2C(C)CO[Si](C)(C)C(C)(C)C)cc(C)nc1C. The fraction of sp³-hybridized carbons (Fsp3) is 0.611. The highest BCUT2D eigenvalue weighted by Gasteiger charge is 2.38. The van der Waals surface area contributed by atoms with E-state index in [-0.39, 0.29) is 29.9 Å². The maximum absolute atomic E-state index is 12.9. The normalized spacial score (nSPS) is 17.1. The molecule has 0 aliphatic carbocycles. The number of ether oxygens (including phenoxy) is 3. The molecule has 0 radical (unpaired) electrons. The monoisotopic (exact) mass is 637 g/mol. The first-order valence-corrected chi connectivity index (χ1v) is 19.2. The Hall–Kier alpha value is -2.88. The van der Waals surface area contributed by atoms with Gasteiger partial charge in [0.25, 0.3) is 0 Å². The summed E-state index contributed by atoms with van der Waals surface area (Å²) in [6, 6.07) is 11.2. The molecule has 4 rings (SSSR count). The number of nitrogens with zero attached hydrogens (tertiary/aromatic N) is 3. The number of amides is 1. The van der Waals surface area contributed by atoms with Crippen molar-refractivity contribution in [2.24, 2.45) is 0 Å². The third-order valence-corrected chi connectivity index (χ3v) is 13.7. The molecular weight excluding hydrogens is 582 g/mol. The van der Waals surface area contributed by atoms with Gasteiger partial charge in [0.15, 0.2) is 20.9 Å². The highest BCUT2D eigenvalue weighted by Crippen LogP contribution is 2.41. The van der Waals surface area contributed by atoms with E-state index < -0.39 is 13.9 Å². The van der Waals surface area contributed by atoms with Crippen LogP contribution in [0.5, 0.6) is 5.75 Å². The zero-order valence-corrected chi connectivity index (χ0v) is 30.7. The Labute approximate surface area is 271 Å². The minimum absolute atomic E-state index is 0.0684. The largest absolute Gasteiger partial charge is 0.465 e. The third-order valence-electron chi connectivity index (χ3n) is 9.21. The van der Waals surface area contributed by atoms with Crippen LogP contribution in [0.25, 0.3) is 22.2 Å². The number of hydrogen-bond acceptors (Lipinski definition) is 6. The maximum Gasteiger partial charge on any atom is 0.410 e. The zero-order valence-electron chi connectivity index (χ0n) is 29.7. The Balaban J connectivity index is 1.78. The number of pyridine rings is 1. The number of carbonyl (C=O) groups excluding carboxylic acids is 1. The Morgan fingerprint density at radius 3 is 2.44 bits per heavy atom. The van der Waals surface area contributed by atoms with Crippen LogP contribution in [-0.4, -0.2) is 68.1 Å². The van der Waals surface area contributed by atoms with E-state index in [1.54, 1.807) is 7.11 Å². The van der Waals surface area contributed by atoms with Crippen LogP contribution in [-0.2, 0) is 13.9 Å². The van der Waals surface area contributed by atoms with Gasteiger partial charge in [-0.25, -0.2) is 4.79 Å². The van der Waals surface area contributed by atoms with Gasteiger partial charge in [-0.2, -0.15) is 0 Å². The molecule has 1 amide bonds. The highest BCUT2D eigenvalue weighted by atomic mass is 28.4. The van der Waals surface area contributed by atoms with Crippen LogP contribution in [0.1, 0.15) is 90.2 Å². The van der Waals surface area contributed by atoms with Crippen molar-refractivity contribution in [1.29, 1.82) is 0 Å². The number of carbonyl (C=O) groups is 1. The van der Waals surface area contributed by atoms with E-state index >= 15 is 0 Å². The number of rotatable bonds is 9. The average Bonchev–Trinajstić information content (AvgIpc) is 3.32. The molecule has 1 aliphatic heterocycles. The van der Waals surface area contributed by atoms with Crippen molar-refractivity contribution in [3.8, 4) is 17.0 Å². The van der Waals surface area contributed by atoms with Crippen molar-refractivity contribution >= 4 is 25.3 Å². The summed E-state index contributed by atoms with van der Waals surface area (Å²) in [5.74, 6) is 0.970. The minimum atomic E-state index is -1.96. The number of aryl methyl sites for hydroxylation is 2. The number of aromatic nitrogens is 2. The molecule has 0 N–H and O–H groups in total. The Bertz CT molecular complexity index is 1500. The lowest BCUT2D eigenvalue weighted by atomic mass is 9.90. The molecule has 3 heterocycles. The Morgan fingerprint density at radius 1 is 1.09 bits per heavy atom. The molecule has 0 saturated carbocycles. The number of hydrogen-bond donors (Lipinski definition) is 0. The van der Waals surface area contributed by atoms with Crippen molar-refractivity contribution in [2.45, 2.75) is 111 Å². The molecule has 3 aromatic rings. The quantitative estimate of drug-likeness (QED) is 0.172. The Kier molecular flexibility index (Phi) is 10.5. The predicted octanol–water partition coefficient (Wildman–Crippen LogP) is 9.00. The van der Waals surface area contributed by atoms with Crippen molar-refractivity contribution in [2.75, 3.05) is 33.6 Å². The first kappa shape index (κ1) is 35.0. The summed E-state index contributed by atoms with van der Waals surface area (Å²) in [6.07, 6.45) is 1.75. The first-order chi connectivity index (χ1) is 20.9. The summed E-state index contributed by atoms with van der Waals surface area (Å²) in [5.41, 5.74) is 5.68. The van der Waals surface area contributed by atoms with Gasteiger partial charge < -0.3 is 28.1 Å². The van der Waals surface area contributed by atoms with Crippen LogP contribution in [0.3, 0.4) is 0 Å². The van der Waals surface area contributed by atoms with E-state index in [2.05, 4.69) is 75.7 Å². The van der Waals surface area contributed by atoms with Gasteiger partial charge in [0.2, 0.25) is 0 Å². The molecule has 2 unspecified atom stereocenters. The van der Waals surface area contributed by atoms with Crippen molar-refractivity contribution in [1.82, 2.24) is 14.5 Å². The minimum Gasteiger partial charge on any atom is -0.465 e. The Morgan fingerprint density at radius 2 is 1.80 bits per heavy atom. The van der Waals surface area contributed by atoms with Crippen molar-refractivity contribution < 1.29 is 23.4 Å². The number of methoxy groups -OCH3 is 1. The molecule has 1 aliphatic rings. The molecule has 1 fully saturated rings. The lowest BCUT2D eigenvalue weighted by molar-refractivity contribution is 0.0198. The van der Waals surface area contributed by atoms with E-state index in [4.69, 9.17) is 23.6 Å². The molecule has 1 aromatic carbocycles. The van der Waals surface area contributed by atoms with Gasteiger partial charge in [-0.15, -0.1) is 0 Å². The summed E-state index contributed by atoms with van der Waals surface area (Å²) in [4.78, 5) is 19.5. The van der Waals surface area contributed by atoms with Crippen LogP contribution in [0.2, 0.25) is 18.1 Å². The lowest BCUT2D eigenvalue weighted by Crippen LogP contribution is -2.42. The summed E-state index contributed by atoms with van der Waals surface area (Å²) >= 11 is 0. The molecule has 2 aromatic heterocycles. The lowest BCUT2D eigenvalue weighted by Gasteiger charge is -2.37. The molecule has 248 valence electrons. The van der Waals surface area contributed by atoms with Gasteiger partial charge in [-0.3, -0.25) is 4.98 Å². The zero-order chi connectivity index (χ0) is 33.3. The van der Waals surface area contributed by atoms with Crippen molar-refractivity contribution in [3.63, 3.8) is 0 Å². The summed E-state index contributed by atoms with van der Waals surface area (Å²) in [7, 11) is -0.331. The fourth-order valence-electron chi connectivity index (χ4n) is 5.86. The standard InChI is InChI=1S/C36H55N3O5Si/c1-24-18-30(33(26(3)37-24)42-23-41-10)32-20-29-19-27(28-14-13-17-38(21-28)34(40)44-35(4,5)6)15-16-31(29)39(32)25(2)22-43-45(11,12)36(7,8)9/h15-16,18-20,25,28H,13-14,17,21-23H2,1-12H3. The van der Waals surface area contributed by atoms with E-state index in [1.807, 2.05) is 39.5 Å². The topological polar surface area (TPSA) is 75.0 Å². The molecule has 9 heteroatoms. The molecule has 2 atom stereocenters. The number of benzene rings is 1. The van der Waals surface area contributed by atoms with Gasteiger partial charge >= 0.3 is 6.09 Å². The molecule has 0 spiro atoms. The van der Waals surface area contributed by atoms with E-state index in [1.165, 1.54) is 5.56 Å². The second-order valence-corrected chi connectivity index (χ2v) is 20.0. The van der Waals surface area contributed by atoms with Gasteiger partial charge in [0, 0.05) is 48.3 Å². The van der Waals surface area contributed by atoms with E-state index in [0.717, 1.165) is 58.7 Å². The second-order valence-electron chi connectivity index (χ2n) is 15.2. The van der Waals surface area contributed by atoms with Gasteiger partial charge in [0.05, 0.1) is 24.0 Å². The van der Waals surface area contributed by atoms with Crippen LogP contribution in [0.15, 0.2) is 30.3 Å². The third kappa shape index (κ3) is 8.10. The number of fused-ring (bicyclic) bond motifs is 1. The maximum atomic E-state index is 12.9. The van der Waals surface area contributed by atoms with Gasteiger partial charge in [0.1, 0.15) is 5.60 Å². The molecule has 1 saturated heterocycles. The smallest absolute Gasteiger partial charge is 0.410 e. The average molecular weight is 638 g/mol. The van der Waals surface area contributed by atoms with Gasteiger partial charge in [-0.1, -0.05) is 26.8 Å². The van der Waals surface area contributed by atoms with Crippen LogP contribution >= 0.6 is 0 Å². The number of piperidine rings is 1. The molecule has 8 nitrogen and oxygen atoms in total. The number of likely N-dealkylation sites (tertiary alicyclic amines) is 1. The van der Waals surface area contributed by atoms with Crippen LogP contribution in [0.4, 0.5) is 4.79 Å². The van der Waals surface area contributed by atoms with E-state index in [0.29, 0.717) is 13.2 Å². The van der Waals surface area contributed by atoms with Crippen LogP contribution < -0.4 is 4.74 Å². The predicted molar refractivity (Wildman–Crippen MR) is 185 cm³/mol. The van der Waals surface area contributed by atoms with Crippen LogP contribution in [0, 0.1) is 13.8 Å². The van der Waals surface area contributed by atoms with Crippen molar-refractivity contribution in [3.05, 3.63) is 47.3 Å². The van der Waals surface area contributed by atoms with E-state index in [9.17, 15) is 4.79 Å². The first-order valence-electron chi connectivity index (χ1n) is 16.3. The summed E-state index contributed by atoms with van der Waals surface area (Å²) in [5, 5.41) is 1.28. The highest BCUT2D eigenvalue weighted by molar-refractivity contribution is 6.74. The fourth-order valence-corrected chi connectivity index (χ4v) is 6.95. The summed E-state index contributed by atoms with van der Waals surface area (Å²) in [6.45, 7) is 25.6. The van der Waals surface area contributed by atoms with Gasteiger partial charge in [-0.05, 0) is 102 Å². The second kappa shape index (κ2) is 13.5. The molecular formula is C36H55N3O5Si. The summed E-state index contributed by atoms with van der Waals surface area (Å²) < 4.78 is 26.3. The molecule has 0 bridgehead atoms. The molecule has 45 heavy (non-hydrogen) atoms.